The van der Waals surface area contributed by atoms with Gasteiger partial charge in [-0.1, -0.05) is 11.6 Å². The van der Waals surface area contributed by atoms with Crippen molar-refractivity contribution in [1.82, 2.24) is 19.8 Å². The number of benzene rings is 1. The van der Waals surface area contributed by atoms with Gasteiger partial charge in [0, 0.05) is 55.2 Å². The number of hydrogen-bond acceptors (Lipinski definition) is 5. The minimum Gasteiger partial charge on any atom is -0.492 e. The predicted molar refractivity (Wildman–Crippen MR) is 98.3 cm³/mol. The normalized spacial score (nSPS) is 18.7. The van der Waals surface area contributed by atoms with Gasteiger partial charge in [0.2, 0.25) is 0 Å². The first-order valence-corrected chi connectivity index (χ1v) is 9.29. The van der Waals surface area contributed by atoms with Gasteiger partial charge in [-0.2, -0.15) is 0 Å². The number of carbonyl (C=O) groups is 1. The zero-order valence-electron chi connectivity index (χ0n) is 14.5. The number of ether oxygens (including phenoxy) is 1. The summed E-state index contributed by atoms with van der Waals surface area (Å²) in [5, 5.41) is 0.735. The third-order valence-electron chi connectivity index (χ3n) is 5.08. The van der Waals surface area contributed by atoms with Crippen LogP contribution in [-0.2, 0) is 6.54 Å². The molecule has 0 atom stereocenters. The van der Waals surface area contributed by atoms with Gasteiger partial charge in [0.05, 0.1) is 6.20 Å². The zero-order chi connectivity index (χ0) is 17.9. The Labute approximate surface area is 157 Å². The molecule has 0 bridgehead atoms. The van der Waals surface area contributed by atoms with E-state index in [1.165, 1.54) is 6.20 Å². The van der Waals surface area contributed by atoms with Crippen LogP contribution in [0.15, 0.2) is 36.8 Å². The number of halogens is 1. The third-order valence-corrected chi connectivity index (χ3v) is 5.32. The van der Waals surface area contributed by atoms with E-state index >= 15 is 0 Å². The first-order valence-electron chi connectivity index (χ1n) is 8.91. The van der Waals surface area contributed by atoms with Crippen LogP contribution in [0.3, 0.4) is 0 Å². The van der Waals surface area contributed by atoms with Crippen LogP contribution in [0.5, 0.6) is 5.75 Å². The molecule has 4 rings (SSSR count). The quantitative estimate of drug-likeness (QED) is 0.811. The average Bonchev–Trinajstić information content (AvgIpc) is 2.90. The molecule has 0 saturated carbocycles. The van der Waals surface area contributed by atoms with E-state index in [9.17, 15) is 4.79 Å². The maximum Gasteiger partial charge on any atom is 0.274 e. The van der Waals surface area contributed by atoms with Crippen LogP contribution in [0.1, 0.15) is 28.9 Å². The van der Waals surface area contributed by atoms with Gasteiger partial charge in [0.15, 0.2) is 0 Å². The van der Waals surface area contributed by atoms with Crippen LogP contribution in [-0.4, -0.2) is 58.0 Å². The number of rotatable bonds is 2. The van der Waals surface area contributed by atoms with E-state index in [2.05, 4.69) is 14.9 Å². The molecule has 3 heterocycles. The molecule has 2 aromatic rings. The zero-order valence-corrected chi connectivity index (χ0v) is 15.2. The highest BCUT2D eigenvalue weighted by molar-refractivity contribution is 6.30. The number of fused-ring (bicyclic) bond motifs is 1. The van der Waals surface area contributed by atoms with Crippen LogP contribution in [0.2, 0.25) is 5.02 Å². The lowest BCUT2D eigenvalue weighted by molar-refractivity contribution is 0.0593. The van der Waals surface area contributed by atoms with Crippen LogP contribution in [0.4, 0.5) is 0 Å². The highest BCUT2D eigenvalue weighted by Gasteiger charge is 2.29. The Hall–Kier alpha value is -2.18. The molecule has 7 heteroatoms. The second-order valence-corrected chi connectivity index (χ2v) is 7.12. The summed E-state index contributed by atoms with van der Waals surface area (Å²) >= 11 is 6.15. The number of likely N-dealkylation sites (tertiary alicyclic amines) is 1. The lowest BCUT2D eigenvalue weighted by Crippen LogP contribution is -2.47. The van der Waals surface area contributed by atoms with Gasteiger partial charge in [0.25, 0.3) is 5.91 Å². The van der Waals surface area contributed by atoms with Gasteiger partial charge in [0.1, 0.15) is 18.1 Å². The molecule has 26 heavy (non-hydrogen) atoms. The molecule has 1 fully saturated rings. The van der Waals surface area contributed by atoms with Crippen LogP contribution >= 0.6 is 11.6 Å². The van der Waals surface area contributed by atoms with Crippen molar-refractivity contribution in [2.45, 2.75) is 25.4 Å². The van der Waals surface area contributed by atoms with Crippen molar-refractivity contribution in [1.29, 1.82) is 0 Å². The Bertz CT molecular complexity index is 778. The molecule has 0 spiro atoms. The maximum absolute atomic E-state index is 12.5. The number of hydrogen-bond donors (Lipinski definition) is 0. The highest BCUT2D eigenvalue weighted by Crippen LogP contribution is 2.29. The summed E-state index contributed by atoms with van der Waals surface area (Å²) in [5.74, 6) is 0.889. The van der Waals surface area contributed by atoms with Crippen LogP contribution < -0.4 is 4.74 Å². The van der Waals surface area contributed by atoms with Crippen molar-refractivity contribution < 1.29 is 9.53 Å². The summed E-state index contributed by atoms with van der Waals surface area (Å²) in [6.07, 6.45) is 6.55. The van der Waals surface area contributed by atoms with Gasteiger partial charge in [-0.3, -0.25) is 14.7 Å². The minimum absolute atomic E-state index is 0.0344. The topological polar surface area (TPSA) is 58.6 Å². The fourth-order valence-corrected chi connectivity index (χ4v) is 3.90. The molecule has 0 N–H and O–H groups in total. The molecule has 136 valence electrons. The molecule has 1 aromatic carbocycles. The molecule has 2 aliphatic heterocycles. The SMILES string of the molecule is O=C(c1cnccn1)N1CCC(N2CCOc3ccc(Cl)cc3C2)CC1. The standard InChI is InChI=1S/C19H21ClN4O2/c20-15-1-2-18-14(11-15)13-24(9-10-26-18)16-3-7-23(8-4-16)19(25)17-12-21-5-6-22-17/h1-2,5-6,11-12,16H,3-4,7-10,13H2. The number of aromatic nitrogens is 2. The van der Waals surface area contributed by atoms with E-state index in [-0.39, 0.29) is 5.91 Å². The number of piperidine rings is 1. The van der Waals surface area contributed by atoms with Crippen molar-refractivity contribution >= 4 is 17.5 Å². The Morgan fingerprint density at radius 1 is 1.19 bits per heavy atom. The van der Waals surface area contributed by atoms with Crippen molar-refractivity contribution in [3.63, 3.8) is 0 Å². The number of nitrogens with zero attached hydrogens (tertiary/aromatic N) is 4. The molecule has 1 aromatic heterocycles. The van der Waals surface area contributed by atoms with Crippen molar-refractivity contribution in [2.75, 3.05) is 26.2 Å². The monoisotopic (exact) mass is 372 g/mol. The smallest absolute Gasteiger partial charge is 0.274 e. The Morgan fingerprint density at radius 2 is 2.04 bits per heavy atom. The molecule has 1 saturated heterocycles. The van der Waals surface area contributed by atoms with E-state index in [4.69, 9.17) is 16.3 Å². The first-order chi connectivity index (χ1) is 12.7. The Balaban J connectivity index is 1.39. The van der Waals surface area contributed by atoms with E-state index in [0.29, 0.717) is 18.3 Å². The molecular weight excluding hydrogens is 352 g/mol. The molecule has 2 aliphatic rings. The number of carbonyl (C=O) groups excluding carboxylic acids is 1. The van der Waals surface area contributed by atoms with Gasteiger partial charge in [-0.05, 0) is 31.0 Å². The van der Waals surface area contributed by atoms with Gasteiger partial charge >= 0.3 is 0 Å². The molecule has 1 amide bonds. The van der Waals surface area contributed by atoms with E-state index in [1.807, 2.05) is 23.1 Å². The predicted octanol–water partition coefficient (Wildman–Crippen LogP) is 2.63. The van der Waals surface area contributed by atoms with Gasteiger partial charge < -0.3 is 9.64 Å². The Kier molecular flexibility index (Phi) is 5.04. The summed E-state index contributed by atoms with van der Waals surface area (Å²) in [4.78, 5) is 24.9. The fourth-order valence-electron chi connectivity index (χ4n) is 3.70. The first kappa shape index (κ1) is 17.2. The van der Waals surface area contributed by atoms with Crippen LogP contribution in [0.25, 0.3) is 0 Å². The fraction of sp³-hybridized carbons (Fsp3) is 0.421. The highest BCUT2D eigenvalue weighted by atomic mass is 35.5. The maximum atomic E-state index is 12.5. The summed E-state index contributed by atoms with van der Waals surface area (Å²) < 4.78 is 5.86. The van der Waals surface area contributed by atoms with E-state index in [1.54, 1.807) is 12.4 Å². The van der Waals surface area contributed by atoms with Crippen LogP contribution in [0, 0.1) is 0 Å². The van der Waals surface area contributed by atoms with E-state index < -0.39 is 0 Å². The molecule has 6 nitrogen and oxygen atoms in total. The second kappa shape index (κ2) is 7.60. The van der Waals surface area contributed by atoms with Gasteiger partial charge in [-0.15, -0.1) is 0 Å². The largest absolute Gasteiger partial charge is 0.492 e. The molecule has 0 unspecified atom stereocenters. The van der Waals surface area contributed by atoms with Crippen molar-refractivity contribution in [3.05, 3.63) is 53.1 Å². The lowest BCUT2D eigenvalue weighted by atomic mass is 10.0. The van der Waals surface area contributed by atoms with Crippen molar-refractivity contribution in [3.8, 4) is 5.75 Å². The number of amides is 1. The summed E-state index contributed by atoms with van der Waals surface area (Å²) in [6, 6.07) is 6.24. The van der Waals surface area contributed by atoms with Crippen molar-refractivity contribution in [2.24, 2.45) is 0 Å². The summed E-state index contributed by atoms with van der Waals surface area (Å²) in [7, 11) is 0. The second-order valence-electron chi connectivity index (χ2n) is 6.69. The van der Waals surface area contributed by atoms with Gasteiger partial charge in [-0.25, -0.2) is 4.98 Å². The molecular formula is C19H21ClN4O2. The van der Waals surface area contributed by atoms with E-state index in [0.717, 1.165) is 55.4 Å². The average molecular weight is 373 g/mol. The molecule has 0 radical (unpaired) electrons. The third kappa shape index (κ3) is 3.66. The Morgan fingerprint density at radius 3 is 2.81 bits per heavy atom. The molecule has 0 aliphatic carbocycles. The minimum atomic E-state index is -0.0344. The lowest BCUT2D eigenvalue weighted by Gasteiger charge is -2.37. The summed E-state index contributed by atoms with van der Waals surface area (Å²) in [6.45, 7) is 3.86. The summed E-state index contributed by atoms with van der Waals surface area (Å²) in [5.41, 5.74) is 1.55.